The van der Waals surface area contributed by atoms with E-state index in [-0.39, 0.29) is 5.56 Å². The third-order valence-electron chi connectivity index (χ3n) is 1.64. The topological polar surface area (TPSA) is 45.8 Å². The number of nitrogens with one attached hydrogen (secondary N) is 1. The molecule has 0 spiro atoms. The Morgan fingerprint density at radius 3 is 3.00 bits per heavy atom. The summed E-state index contributed by atoms with van der Waals surface area (Å²) in [5.41, 5.74) is -0.252. The summed E-state index contributed by atoms with van der Waals surface area (Å²) in [6.45, 7) is 0. The van der Waals surface area contributed by atoms with Crippen molar-refractivity contribution in [2.45, 2.75) is 0 Å². The lowest BCUT2D eigenvalue weighted by molar-refractivity contribution is 1.01. The Bertz CT molecular complexity index is 472. The lowest BCUT2D eigenvalue weighted by Gasteiger charge is -1.95. The van der Waals surface area contributed by atoms with Crippen LogP contribution in [0.3, 0.4) is 0 Å². The molecule has 0 saturated carbocycles. The van der Waals surface area contributed by atoms with Crippen LogP contribution in [0.2, 0.25) is 5.02 Å². The first-order chi connectivity index (χ1) is 5.79. The number of hydrogen-bond acceptors (Lipinski definition) is 2. The number of hydrogen-bond donors (Lipinski definition) is 1. The molecule has 0 amide bonds. The Labute approximate surface area is 73.0 Å². The Morgan fingerprint density at radius 2 is 2.25 bits per heavy atom. The summed E-state index contributed by atoms with van der Waals surface area (Å²) in [4.78, 5) is 11.2. The monoisotopic (exact) mass is 180 g/mol. The van der Waals surface area contributed by atoms with Gasteiger partial charge in [0, 0.05) is 5.39 Å². The molecule has 0 aliphatic carbocycles. The van der Waals surface area contributed by atoms with Gasteiger partial charge in [0.25, 0.3) is 5.56 Å². The van der Waals surface area contributed by atoms with E-state index in [9.17, 15) is 4.79 Å². The largest absolute Gasteiger partial charge is 0.273 e. The van der Waals surface area contributed by atoms with Crippen molar-refractivity contribution in [2.75, 3.05) is 0 Å². The average Bonchev–Trinajstić information content (AvgIpc) is 2.04. The van der Waals surface area contributed by atoms with E-state index in [4.69, 9.17) is 11.6 Å². The van der Waals surface area contributed by atoms with E-state index in [2.05, 4.69) is 10.2 Å². The normalized spacial score (nSPS) is 10.4. The van der Waals surface area contributed by atoms with Gasteiger partial charge in [-0.25, -0.2) is 5.10 Å². The van der Waals surface area contributed by atoms with Crippen molar-refractivity contribution in [1.82, 2.24) is 10.2 Å². The van der Waals surface area contributed by atoms with E-state index in [0.29, 0.717) is 10.4 Å². The summed E-state index contributed by atoms with van der Waals surface area (Å²) in [7, 11) is 0. The molecule has 3 nitrogen and oxygen atoms in total. The van der Waals surface area contributed by atoms with Gasteiger partial charge < -0.3 is 0 Å². The number of halogens is 1. The summed E-state index contributed by atoms with van der Waals surface area (Å²) in [6.07, 6.45) is 1.57. The van der Waals surface area contributed by atoms with E-state index in [0.717, 1.165) is 5.39 Å². The van der Waals surface area contributed by atoms with Crippen molar-refractivity contribution in [3.05, 3.63) is 39.8 Å². The molecule has 4 heteroatoms. The van der Waals surface area contributed by atoms with Crippen LogP contribution in [0.5, 0.6) is 0 Å². The molecular formula is C8H5ClN2O. The molecule has 0 aliphatic rings. The van der Waals surface area contributed by atoms with Crippen molar-refractivity contribution in [3.63, 3.8) is 0 Å². The number of aromatic amines is 1. The van der Waals surface area contributed by atoms with Crippen molar-refractivity contribution in [3.8, 4) is 0 Å². The molecule has 0 atom stereocenters. The molecule has 1 heterocycles. The first-order valence-corrected chi connectivity index (χ1v) is 3.79. The molecule has 12 heavy (non-hydrogen) atoms. The first kappa shape index (κ1) is 7.31. The number of fused-ring (bicyclic) bond motifs is 1. The smallest absolute Gasteiger partial charge is 0.267 e. The van der Waals surface area contributed by atoms with Crippen LogP contribution in [0.4, 0.5) is 0 Å². The summed E-state index contributed by atoms with van der Waals surface area (Å²) in [6, 6.07) is 5.26. The molecule has 2 rings (SSSR count). The molecular weight excluding hydrogens is 176 g/mol. The second-order valence-corrected chi connectivity index (χ2v) is 2.81. The molecule has 1 aromatic heterocycles. The van der Waals surface area contributed by atoms with E-state index < -0.39 is 0 Å². The van der Waals surface area contributed by atoms with Gasteiger partial charge in [-0.2, -0.15) is 5.10 Å². The molecule has 0 aliphatic heterocycles. The van der Waals surface area contributed by atoms with Crippen molar-refractivity contribution in [1.29, 1.82) is 0 Å². The fourth-order valence-corrected chi connectivity index (χ4v) is 1.37. The van der Waals surface area contributed by atoms with Gasteiger partial charge in [-0.3, -0.25) is 4.79 Å². The SMILES string of the molecule is O=c1[nH]ncc2cccc(Cl)c12. The number of aromatic nitrogens is 2. The maximum Gasteiger partial charge on any atom is 0.273 e. The molecule has 1 aromatic carbocycles. The van der Waals surface area contributed by atoms with Crippen LogP contribution in [0.1, 0.15) is 0 Å². The van der Waals surface area contributed by atoms with Crippen LogP contribution in [-0.2, 0) is 0 Å². The van der Waals surface area contributed by atoms with Gasteiger partial charge in [-0.1, -0.05) is 23.7 Å². The first-order valence-electron chi connectivity index (χ1n) is 3.41. The third-order valence-corrected chi connectivity index (χ3v) is 1.96. The predicted molar refractivity (Wildman–Crippen MR) is 47.4 cm³/mol. The summed E-state index contributed by atoms with van der Waals surface area (Å²) < 4.78 is 0. The molecule has 2 aromatic rings. The Balaban J connectivity index is 3.07. The summed E-state index contributed by atoms with van der Waals surface area (Å²) in [5, 5.41) is 7.69. The highest BCUT2D eigenvalue weighted by Crippen LogP contribution is 2.17. The van der Waals surface area contributed by atoms with Crippen LogP contribution in [0.15, 0.2) is 29.2 Å². The second kappa shape index (κ2) is 2.60. The van der Waals surface area contributed by atoms with Crippen LogP contribution < -0.4 is 5.56 Å². The quantitative estimate of drug-likeness (QED) is 0.669. The molecule has 1 N–H and O–H groups in total. The van der Waals surface area contributed by atoms with Crippen LogP contribution in [-0.4, -0.2) is 10.2 Å². The molecule has 60 valence electrons. The van der Waals surface area contributed by atoms with Crippen molar-refractivity contribution < 1.29 is 0 Å². The van der Waals surface area contributed by atoms with E-state index in [1.807, 2.05) is 0 Å². The second-order valence-electron chi connectivity index (χ2n) is 2.40. The van der Waals surface area contributed by atoms with Crippen molar-refractivity contribution in [2.24, 2.45) is 0 Å². The summed E-state index contributed by atoms with van der Waals surface area (Å²) in [5.74, 6) is 0. The number of nitrogens with zero attached hydrogens (tertiary/aromatic N) is 1. The lowest BCUT2D eigenvalue weighted by atomic mass is 10.2. The zero-order valence-corrected chi connectivity index (χ0v) is 6.80. The Kier molecular flexibility index (Phi) is 1.59. The minimum atomic E-state index is -0.252. The number of benzene rings is 1. The summed E-state index contributed by atoms with van der Waals surface area (Å²) >= 11 is 5.81. The highest BCUT2D eigenvalue weighted by molar-refractivity contribution is 6.35. The third kappa shape index (κ3) is 0.987. The van der Waals surface area contributed by atoms with E-state index in [1.165, 1.54) is 0 Å². The zero-order chi connectivity index (χ0) is 8.55. The molecule has 0 radical (unpaired) electrons. The highest BCUT2D eigenvalue weighted by atomic mass is 35.5. The minimum absolute atomic E-state index is 0.252. The Hall–Kier alpha value is -1.35. The fraction of sp³-hybridized carbons (Fsp3) is 0. The molecule has 0 fully saturated rings. The van der Waals surface area contributed by atoms with Crippen LogP contribution in [0, 0.1) is 0 Å². The number of H-pyrrole nitrogens is 1. The van der Waals surface area contributed by atoms with Gasteiger partial charge >= 0.3 is 0 Å². The maximum atomic E-state index is 11.2. The van der Waals surface area contributed by atoms with Gasteiger partial charge in [-0.15, -0.1) is 0 Å². The van der Waals surface area contributed by atoms with Gasteiger partial charge in [0.1, 0.15) is 0 Å². The van der Waals surface area contributed by atoms with Gasteiger partial charge in [0.2, 0.25) is 0 Å². The minimum Gasteiger partial charge on any atom is -0.267 e. The molecule has 0 unspecified atom stereocenters. The lowest BCUT2D eigenvalue weighted by Crippen LogP contribution is -2.07. The van der Waals surface area contributed by atoms with E-state index in [1.54, 1.807) is 24.4 Å². The molecule has 0 saturated heterocycles. The predicted octanol–water partition coefficient (Wildman–Crippen LogP) is 1.58. The zero-order valence-electron chi connectivity index (χ0n) is 6.04. The average molecular weight is 181 g/mol. The van der Waals surface area contributed by atoms with Gasteiger partial charge in [0.15, 0.2) is 0 Å². The van der Waals surface area contributed by atoms with Crippen LogP contribution >= 0.6 is 11.6 Å². The highest BCUT2D eigenvalue weighted by Gasteiger charge is 2.01. The fourth-order valence-electron chi connectivity index (χ4n) is 1.10. The van der Waals surface area contributed by atoms with Crippen LogP contribution in [0.25, 0.3) is 10.8 Å². The van der Waals surface area contributed by atoms with Crippen molar-refractivity contribution >= 4 is 22.4 Å². The Morgan fingerprint density at radius 1 is 1.42 bits per heavy atom. The van der Waals surface area contributed by atoms with Gasteiger partial charge in [0.05, 0.1) is 16.6 Å². The molecule has 0 bridgehead atoms. The standard InChI is InChI=1S/C8H5ClN2O/c9-6-3-1-2-5-4-10-11-8(12)7(5)6/h1-4H,(H,11,12). The maximum absolute atomic E-state index is 11.2. The number of rotatable bonds is 0. The van der Waals surface area contributed by atoms with Gasteiger partial charge in [-0.05, 0) is 6.07 Å². The van der Waals surface area contributed by atoms with E-state index >= 15 is 0 Å².